The third-order valence-corrected chi connectivity index (χ3v) is 2.28. The highest BCUT2D eigenvalue weighted by Crippen LogP contribution is 2.07. The number of carbonyl (C=O) groups excluding carboxylic acids is 2. The predicted molar refractivity (Wildman–Crippen MR) is 72.1 cm³/mol. The van der Waals surface area contributed by atoms with Gasteiger partial charge in [0.15, 0.2) is 23.4 Å². The Morgan fingerprint density at radius 3 is 1.50 bits per heavy atom. The van der Waals surface area contributed by atoms with Crippen molar-refractivity contribution in [3.63, 3.8) is 0 Å². The lowest BCUT2D eigenvalue weighted by atomic mass is 10.2. The van der Waals surface area contributed by atoms with Gasteiger partial charge in [-0.3, -0.25) is 0 Å². The number of rotatable bonds is 11. The fourth-order valence-electron chi connectivity index (χ4n) is 1.39. The van der Waals surface area contributed by atoms with E-state index in [1.807, 2.05) is 0 Å². The van der Waals surface area contributed by atoms with Gasteiger partial charge in [-0.2, -0.15) is 0 Å². The fourth-order valence-corrected chi connectivity index (χ4v) is 1.39. The Bertz CT molecular complexity index is 326. The van der Waals surface area contributed by atoms with Crippen LogP contribution in [0.5, 0.6) is 0 Å². The SMILES string of the molecule is C[C@@H](O)CC(=C=O)OCCCCOC(=C=O)C[C@@H](C)O. The molecular formula is C14H22O6. The van der Waals surface area contributed by atoms with Crippen LogP contribution in [-0.4, -0.2) is 47.5 Å². The topological polar surface area (TPSA) is 93.1 Å². The van der Waals surface area contributed by atoms with Crippen molar-refractivity contribution in [2.24, 2.45) is 0 Å². The fraction of sp³-hybridized carbons (Fsp3) is 0.714. The van der Waals surface area contributed by atoms with Crippen LogP contribution >= 0.6 is 0 Å². The van der Waals surface area contributed by atoms with E-state index in [-0.39, 0.29) is 24.4 Å². The highest BCUT2D eigenvalue weighted by Gasteiger charge is 2.06. The van der Waals surface area contributed by atoms with E-state index in [1.165, 1.54) is 0 Å². The molecule has 0 rings (SSSR count). The Balaban J connectivity index is 3.72. The molecule has 0 aliphatic rings. The molecule has 6 nitrogen and oxygen atoms in total. The third-order valence-electron chi connectivity index (χ3n) is 2.28. The number of aliphatic hydroxyl groups is 2. The lowest BCUT2D eigenvalue weighted by Crippen LogP contribution is -2.07. The molecule has 2 atom stereocenters. The molecule has 0 fully saturated rings. The van der Waals surface area contributed by atoms with Crippen molar-refractivity contribution in [3.8, 4) is 0 Å². The summed E-state index contributed by atoms with van der Waals surface area (Å²) in [5, 5.41) is 18.2. The van der Waals surface area contributed by atoms with Crippen LogP contribution < -0.4 is 0 Å². The Morgan fingerprint density at radius 2 is 1.25 bits per heavy atom. The summed E-state index contributed by atoms with van der Waals surface area (Å²) in [6, 6.07) is 0. The summed E-state index contributed by atoms with van der Waals surface area (Å²) in [7, 11) is 0. The van der Waals surface area contributed by atoms with Gasteiger partial charge in [-0.1, -0.05) is 0 Å². The van der Waals surface area contributed by atoms with Crippen molar-refractivity contribution in [3.05, 3.63) is 11.5 Å². The van der Waals surface area contributed by atoms with Gasteiger partial charge in [0.2, 0.25) is 0 Å². The molecule has 0 aromatic rings. The first-order chi connectivity index (χ1) is 9.49. The second-order valence-electron chi connectivity index (χ2n) is 4.56. The van der Waals surface area contributed by atoms with E-state index in [0.29, 0.717) is 26.1 Å². The van der Waals surface area contributed by atoms with E-state index in [0.717, 1.165) is 0 Å². The van der Waals surface area contributed by atoms with E-state index in [1.54, 1.807) is 25.7 Å². The van der Waals surface area contributed by atoms with Crippen LogP contribution in [0.4, 0.5) is 0 Å². The molecule has 20 heavy (non-hydrogen) atoms. The molecule has 0 aromatic carbocycles. The van der Waals surface area contributed by atoms with Gasteiger partial charge >= 0.3 is 0 Å². The summed E-state index contributed by atoms with van der Waals surface area (Å²) >= 11 is 0. The maximum atomic E-state index is 10.5. The van der Waals surface area contributed by atoms with E-state index in [2.05, 4.69) is 0 Å². The number of hydrogen-bond acceptors (Lipinski definition) is 6. The van der Waals surface area contributed by atoms with Gasteiger partial charge in [-0.05, 0) is 26.7 Å². The largest absolute Gasteiger partial charge is 0.486 e. The van der Waals surface area contributed by atoms with Crippen LogP contribution in [0.25, 0.3) is 0 Å². The standard InChI is InChI=1S/C14H22O6/c1-11(17)7-13(9-15)19-5-3-4-6-20-14(10-16)8-12(2)18/h11-12,17-18H,3-8H2,1-2H3/t11-,12-/m1/s1. The Hall–Kier alpha value is -1.58. The molecule has 0 saturated carbocycles. The van der Waals surface area contributed by atoms with Crippen LogP contribution in [-0.2, 0) is 19.1 Å². The van der Waals surface area contributed by atoms with Gasteiger partial charge in [0.25, 0.3) is 0 Å². The first kappa shape index (κ1) is 18.4. The van der Waals surface area contributed by atoms with Crippen molar-refractivity contribution in [1.29, 1.82) is 0 Å². The van der Waals surface area contributed by atoms with Gasteiger partial charge < -0.3 is 19.7 Å². The maximum absolute atomic E-state index is 10.5. The molecule has 0 aliphatic carbocycles. The van der Waals surface area contributed by atoms with Crippen LogP contribution in [0.1, 0.15) is 39.5 Å². The van der Waals surface area contributed by atoms with Gasteiger partial charge in [0, 0.05) is 12.8 Å². The molecule has 0 unspecified atom stereocenters. The van der Waals surface area contributed by atoms with Crippen molar-refractivity contribution in [1.82, 2.24) is 0 Å². The second-order valence-corrected chi connectivity index (χ2v) is 4.56. The zero-order valence-electron chi connectivity index (χ0n) is 11.9. The summed E-state index contributed by atoms with van der Waals surface area (Å²) in [5.41, 5.74) is 0. The second kappa shape index (κ2) is 11.3. The van der Waals surface area contributed by atoms with Crippen molar-refractivity contribution < 1.29 is 29.3 Å². The maximum Gasteiger partial charge on any atom is 0.182 e. The Morgan fingerprint density at radius 1 is 0.900 bits per heavy atom. The predicted octanol–water partition coefficient (Wildman–Crippen LogP) is 0.773. The molecule has 114 valence electrons. The molecule has 2 N–H and O–H groups in total. The van der Waals surface area contributed by atoms with Crippen molar-refractivity contribution in [2.75, 3.05) is 13.2 Å². The molecule has 0 bridgehead atoms. The van der Waals surface area contributed by atoms with Gasteiger partial charge in [-0.25, -0.2) is 9.59 Å². The third kappa shape index (κ3) is 10.4. The van der Waals surface area contributed by atoms with E-state index < -0.39 is 12.2 Å². The first-order valence-corrected chi connectivity index (χ1v) is 6.59. The van der Waals surface area contributed by atoms with Gasteiger partial charge in [0.05, 0.1) is 25.4 Å². The van der Waals surface area contributed by atoms with Crippen LogP contribution in [0.2, 0.25) is 0 Å². The Labute approximate surface area is 118 Å². The number of hydrogen-bond donors (Lipinski definition) is 2. The summed E-state index contributed by atoms with van der Waals surface area (Å²) in [6.07, 6.45) is 0.266. The molecule has 0 saturated heterocycles. The first-order valence-electron chi connectivity index (χ1n) is 6.59. The smallest absolute Gasteiger partial charge is 0.182 e. The summed E-state index contributed by atoms with van der Waals surface area (Å²) in [6.45, 7) is 3.75. The number of ether oxygens (including phenoxy) is 2. The normalized spacial score (nSPS) is 12.8. The lowest BCUT2D eigenvalue weighted by molar-refractivity contribution is 0.126. The summed E-state index contributed by atoms with van der Waals surface area (Å²) < 4.78 is 10.3. The molecule has 0 radical (unpaired) electrons. The zero-order valence-corrected chi connectivity index (χ0v) is 11.9. The average molecular weight is 286 g/mol. The van der Waals surface area contributed by atoms with Crippen molar-refractivity contribution >= 4 is 11.9 Å². The monoisotopic (exact) mass is 286 g/mol. The zero-order chi connectivity index (χ0) is 15.4. The molecule has 6 heteroatoms. The van der Waals surface area contributed by atoms with Crippen LogP contribution in [0.3, 0.4) is 0 Å². The minimum atomic E-state index is -0.643. The summed E-state index contributed by atoms with van der Waals surface area (Å²) in [5.74, 6) is 3.49. The molecule has 0 aliphatic heterocycles. The minimum absolute atomic E-state index is 0.100. The minimum Gasteiger partial charge on any atom is -0.486 e. The van der Waals surface area contributed by atoms with Crippen LogP contribution in [0, 0.1) is 0 Å². The summed E-state index contributed by atoms with van der Waals surface area (Å²) in [4.78, 5) is 21.0. The number of unbranched alkanes of at least 4 members (excludes halogenated alkanes) is 1. The van der Waals surface area contributed by atoms with E-state index in [9.17, 15) is 9.59 Å². The highest BCUT2D eigenvalue weighted by molar-refractivity contribution is 5.49. The van der Waals surface area contributed by atoms with Crippen LogP contribution in [0.15, 0.2) is 11.5 Å². The van der Waals surface area contributed by atoms with E-state index >= 15 is 0 Å². The molecule has 0 amide bonds. The average Bonchev–Trinajstić information content (AvgIpc) is 2.38. The highest BCUT2D eigenvalue weighted by atomic mass is 16.5. The van der Waals surface area contributed by atoms with Gasteiger partial charge in [0.1, 0.15) is 0 Å². The number of aliphatic hydroxyl groups excluding tert-OH is 2. The van der Waals surface area contributed by atoms with Crippen molar-refractivity contribution in [2.45, 2.75) is 51.7 Å². The molecule has 0 heterocycles. The quantitative estimate of drug-likeness (QED) is 0.331. The molecular weight excluding hydrogens is 264 g/mol. The lowest BCUT2D eigenvalue weighted by Gasteiger charge is -2.10. The molecule has 0 aromatic heterocycles. The Kier molecular flexibility index (Phi) is 10.4. The molecule has 0 spiro atoms. The van der Waals surface area contributed by atoms with Gasteiger partial charge in [-0.15, -0.1) is 0 Å². The van der Waals surface area contributed by atoms with E-state index in [4.69, 9.17) is 19.7 Å².